The molecular weight excluding hydrogens is 422 g/mol. The van der Waals surface area contributed by atoms with Crippen molar-refractivity contribution in [2.45, 2.75) is 6.04 Å². The number of aromatic nitrogens is 6. The highest BCUT2D eigenvalue weighted by molar-refractivity contribution is 5.77. The van der Waals surface area contributed by atoms with E-state index in [-0.39, 0.29) is 39.8 Å². The van der Waals surface area contributed by atoms with E-state index in [2.05, 4.69) is 31.0 Å². The molecule has 0 bridgehead atoms. The summed E-state index contributed by atoms with van der Waals surface area (Å²) in [4.78, 5) is 34.6. The number of benzene rings is 2. The van der Waals surface area contributed by atoms with Crippen LogP contribution in [0.2, 0.25) is 0 Å². The summed E-state index contributed by atoms with van der Waals surface area (Å²) in [6.45, 7) is 0. The molecule has 1 aliphatic heterocycles. The first-order chi connectivity index (χ1) is 15.5. The van der Waals surface area contributed by atoms with E-state index in [1.54, 1.807) is 12.1 Å². The fraction of sp³-hybridized carbons (Fsp3) is 0.0556. The lowest BCUT2D eigenvalue weighted by Crippen LogP contribution is -2.29. The first-order valence-corrected chi connectivity index (χ1v) is 9.11. The number of nitrogens with zero attached hydrogens (tertiary/aromatic N) is 7. The zero-order valence-electron chi connectivity index (χ0n) is 15.9. The Labute approximate surface area is 176 Å². The van der Waals surface area contributed by atoms with Gasteiger partial charge in [0, 0.05) is 29.3 Å². The lowest BCUT2D eigenvalue weighted by atomic mass is 9.91. The van der Waals surface area contributed by atoms with Crippen LogP contribution in [0.25, 0.3) is 11.3 Å². The third-order valence-electron chi connectivity index (χ3n) is 5.03. The van der Waals surface area contributed by atoms with E-state index in [9.17, 15) is 25.0 Å². The molecule has 1 unspecified atom stereocenters. The van der Waals surface area contributed by atoms with Crippen molar-refractivity contribution in [2.24, 2.45) is 0 Å². The monoisotopic (exact) mass is 433 g/mol. The number of tetrazole rings is 1. The van der Waals surface area contributed by atoms with E-state index in [0.29, 0.717) is 5.56 Å². The van der Waals surface area contributed by atoms with E-state index >= 15 is 0 Å². The molecule has 3 heterocycles. The Hall–Kier alpha value is -5.01. The van der Waals surface area contributed by atoms with Crippen molar-refractivity contribution < 1.29 is 9.85 Å². The number of H-pyrrole nitrogens is 1. The van der Waals surface area contributed by atoms with Gasteiger partial charge in [0.2, 0.25) is 5.95 Å². The highest BCUT2D eigenvalue weighted by Gasteiger charge is 2.37. The van der Waals surface area contributed by atoms with Crippen molar-refractivity contribution in [3.63, 3.8) is 0 Å². The van der Waals surface area contributed by atoms with Crippen molar-refractivity contribution in [1.82, 2.24) is 30.4 Å². The number of non-ortho nitro benzene ring substituents is 1. The zero-order chi connectivity index (χ0) is 22.4. The number of aromatic amines is 1. The summed E-state index contributed by atoms with van der Waals surface area (Å²) in [5, 5.41) is 43.7. The van der Waals surface area contributed by atoms with Gasteiger partial charge in [-0.25, -0.2) is 5.10 Å². The molecule has 0 radical (unpaired) electrons. The predicted octanol–water partition coefficient (Wildman–Crippen LogP) is 1.93. The lowest BCUT2D eigenvalue weighted by molar-refractivity contribution is -0.385. The average Bonchev–Trinajstić information content (AvgIpc) is 3.26. The molecule has 0 saturated heterocycles. The standard InChI is InChI=1S/C18H11N9O5/c28-17-15-13(14(20-21-17)9-4-3-5-10(8-9)26(29)30)16(25-18(19-15)22-23-24-25)11-6-1-2-7-12(11)27(31)32/h1-8,16H,(H,21,28)(H,19,22,24). The van der Waals surface area contributed by atoms with Crippen LogP contribution >= 0.6 is 0 Å². The predicted molar refractivity (Wildman–Crippen MR) is 108 cm³/mol. The smallest absolute Gasteiger partial charge is 0.288 e. The van der Waals surface area contributed by atoms with Crippen molar-refractivity contribution in [3.8, 4) is 11.3 Å². The Balaban J connectivity index is 1.84. The number of nitro groups is 2. The molecule has 5 rings (SSSR count). The molecule has 1 aliphatic rings. The number of hydrogen-bond donors (Lipinski definition) is 2. The maximum atomic E-state index is 12.6. The van der Waals surface area contributed by atoms with Crippen LogP contribution in [0, 0.1) is 20.2 Å². The number of nitrogens with one attached hydrogen (secondary N) is 2. The Kier molecular flexibility index (Phi) is 4.18. The van der Waals surface area contributed by atoms with E-state index < -0.39 is 21.4 Å². The van der Waals surface area contributed by atoms with Crippen molar-refractivity contribution in [3.05, 3.63) is 90.2 Å². The Bertz CT molecular complexity index is 1460. The molecule has 0 spiro atoms. The number of hydrogen-bond acceptors (Lipinski definition) is 10. The Morgan fingerprint density at radius 1 is 1.03 bits per heavy atom. The molecule has 2 aromatic carbocycles. The summed E-state index contributed by atoms with van der Waals surface area (Å²) >= 11 is 0. The number of nitro benzene ring substituents is 2. The summed E-state index contributed by atoms with van der Waals surface area (Å²) in [5.74, 6) is 0.0994. The van der Waals surface area contributed by atoms with Crippen LogP contribution in [0.15, 0.2) is 53.3 Å². The molecular formula is C18H11N9O5. The Morgan fingerprint density at radius 3 is 2.62 bits per heavy atom. The second-order valence-corrected chi connectivity index (χ2v) is 6.79. The van der Waals surface area contributed by atoms with Gasteiger partial charge in [-0.3, -0.25) is 25.0 Å². The summed E-state index contributed by atoms with van der Waals surface area (Å²) in [6, 6.07) is 10.7. The first kappa shape index (κ1) is 19.0. The van der Waals surface area contributed by atoms with E-state index in [0.717, 1.165) is 0 Å². The third-order valence-corrected chi connectivity index (χ3v) is 5.03. The van der Waals surface area contributed by atoms with Crippen LogP contribution in [0.4, 0.5) is 23.0 Å². The van der Waals surface area contributed by atoms with Crippen LogP contribution in [-0.2, 0) is 0 Å². The van der Waals surface area contributed by atoms with E-state index in [1.807, 2.05) is 0 Å². The average molecular weight is 433 g/mol. The van der Waals surface area contributed by atoms with Crippen molar-refractivity contribution in [1.29, 1.82) is 0 Å². The minimum absolute atomic E-state index is 0.0342. The van der Waals surface area contributed by atoms with Gasteiger partial charge in [0.1, 0.15) is 11.7 Å². The highest BCUT2D eigenvalue weighted by Crippen LogP contribution is 2.43. The zero-order valence-corrected chi connectivity index (χ0v) is 15.9. The molecule has 0 fully saturated rings. The van der Waals surface area contributed by atoms with Crippen molar-refractivity contribution >= 4 is 23.0 Å². The second kappa shape index (κ2) is 7.05. The number of fused-ring (bicyclic) bond motifs is 2. The first-order valence-electron chi connectivity index (χ1n) is 9.11. The third kappa shape index (κ3) is 2.85. The van der Waals surface area contributed by atoms with E-state index in [4.69, 9.17) is 0 Å². The lowest BCUT2D eigenvalue weighted by Gasteiger charge is -2.27. The van der Waals surface area contributed by atoms with Gasteiger partial charge in [-0.1, -0.05) is 29.4 Å². The molecule has 0 aliphatic carbocycles. The molecule has 0 amide bonds. The molecule has 14 nitrogen and oxygen atoms in total. The van der Waals surface area contributed by atoms with Gasteiger partial charge >= 0.3 is 0 Å². The molecule has 158 valence electrons. The van der Waals surface area contributed by atoms with Gasteiger partial charge in [-0.15, -0.1) is 0 Å². The van der Waals surface area contributed by atoms with Crippen LogP contribution in [0.5, 0.6) is 0 Å². The Morgan fingerprint density at radius 2 is 1.84 bits per heavy atom. The quantitative estimate of drug-likeness (QED) is 0.313. The van der Waals surface area contributed by atoms with Gasteiger partial charge in [-0.05, 0) is 16.5 Å². The molecule has 4 aromatic rings. The van der Waals surface area contributed by atoms with Gasteiger partial charge < -0.3 is 5.32 Å². The fourth-order valence-electron chi connectivity index (χ4n) is 3.70. The summed E-state index contributed by atoms with van der Waals surface area (Å²) < 4.78 is 1.30. The normalized spacial score (nSPS) is 14.2. The van der Waals surface area contributed by atoms with Crippen molar-refractivity contribution in [2.75, 3.05) is 5.32 Å². The number of rotatable bonds is 4. The second-order valence-electron chi connectivity index (χ2n) is 6.79. The molecule has 2 aromatic heterocycles. The van der Waals surface area contributed by atoms with Crippen LogP contribution < -0.4 is 10.9 Å². The highest BCUT2D eigenvalue weighted by atomic mass is 16.6. The fourth-order valence-corrected chi connectivity index (χ4v) is 3.70. The topological polar surface area (TPSA) is 188 Å². The summed E-state index contributed by atoms with van der Waals surface area (Å²) in [5.41, 5.74) is -0.000596. The minimum atomic E-state index is -0.998. The maximum absolute atomic E-state index is 12.6. The van der Waals surface area contributed by atoms with Gasteiger partial charge in [0.05, 0.1) is 21.1 Å². The number of anilines is 2. The van der Waals surface area contributed by atoms with Gasteiger partial charge in [-0.2, -0.15) is 9.78 Å². The molecule has 1 atom stereocenters. The number of para-hydroxylation sites is 1. The summed E-state index contributed by atoms with van der Waals surface area (Å²) in [6.07, 6.45) is 0. The van der Waals surface area contributed by atoms with Gasteiger partial charge in [0.25, 0.3) is 16.9 Å². The molecule has 0 saturated carbocycles. The van der Waals surface area contributed by atoms with Gasteiger partial charge in [0.15, 0.2) is 0 Å². The van der Waals surface area contributed by atoms with E-state index in [1.165, 1.54) is 41.1 Å². The maximum Gasteiger partial charge on any atom is 0.288 e. The minimum Gasteiger partial charge on any atom is -0.318 e. The SMILES string of the molecule is O=c1[nH]nc(-c2cccc([N+](=O)[O-])c2)c2c1Nc1nnnn1C2c1ccccc1[N+](=O)[O-]. The van der Waals surface area contributed by atoms with Crippen LogP contribution in [-0.4, -0.2) is 40.3 Å². The molecule has 32 heavy (non-hydrogen) atoms. The molecule has 14 heteroatoms. The molecule has 2 N–H and O–H groups in total. The van der Waals surface area contributed by atoms with Crippen LogP contribution in [0.1, 0.15) is 17.2 Å². The van der Waals surface area contributed by atoms with Crippen LogP contribution in [0.3, 0.4) is 0 Å². The summed E-state index contributed by atoms with van der Waals surface area (Å²) in [7, 11) is 0. The largest absolute Gasteiger partial charge is 0.318 e.